The first kappa shape index (κ1) is 11.2. The molecule has 0 aliphatic heterocycles. The van der Waals surface area contributed by atoms with Crippen molar-refractivity contribution in [2.24, 2.45) is 17.3 Å². The van der Waals surface area contributed by atoms with Gasteiger partial charge in [0.25, 0.3) is 0 Å². The number of carbonyl (C=O) groups is 1. The number of rotatable bonds is 2. The Balaban J connectivity index is 4.58. The molecule has 0 radical (unpaired) electrons. The van der Waals surface area contributed by atoms with Gasteiger partial charge in [-0.25, -0.2) is 0 Å². The van der Waals surface area contributed by atoms with Gasteiger partial charge >= 0.3 is 0 Å². The third-order valence-electron chi connectivity index (χ3n) is 1.83. The highest BCUT2D eigenvalue weighted by atomic mass is 16.1. The average molecular weight is 167 g/mol. The second kappa shape index (κ2) is 3.71. The molecule has 0 aromatic rings. The minimum atomic E-state index is -0.454. The molecule has 0 N–H and O–H groups in total. The molecule has 0 heterocycles. The fourth-order valence-corrected chi connectivity index (χ4v) is 0.977. The van der Waals surface area contributed by atoms with Crippen LogP contribution >= 0.6 is 0 Å². The van der Waals surface area contributed by atoms with Crippen LogP contribution < -0.4 is 0 Å². The van der Waals surface area contributed by atoms with Gasteiger partial charge in [-0.15, -0.1) is 0 Å². The predicted octanol–water partition coefficient (Wildman–Crippen LogP) is 2.40. The number of nitrogens with zero attached hydrogens (tertiary/aromatic N) is 1. The van der Waals surface area contributed by atoms with E-state index in [-0.39, 0.29) is 11.7 Å². The maximum atomic E-state index is 11.6. The zero-order chi connectivity index (χ0) is 9.94. The predicted molar refractivity (Wildman–Crippen MR) is 48.4 cm³/mol. The highest BCUT2D eigenvalue weighted by Gasteiger charge is 2.31. The molecule has 0 saturated carbocycles. The maximum absolute atomic E-state index is 11.6. The van der Waals surface area contributed by atoms with Crippen LogP contribution in [0.3, 0.4) is 0 Å². The van der Waals surface area contributed by atoms with Crippen molar-refractivity contribution >= 4 is 5.78 Å². The molecular formula is C10H17NO. The van der Waals surface area contributed by atoms with Gasteiger partial charge in [0.05, 0.1) is 6.07 Å². The SMILES string of the molecule is CC(C)C(C#N)C(=O)C(C)(C)C. The van der Waals surface area contributed by atoms with Crippen molar-refractivity contribution in [2.75, 3.05) is 0 Å². The van der Waals surface area contributed by atoms with Crippen molar-refractivity contribution in [2.45, 2.75) is 34.6 Å². The molecule has 0 aromatic heterocycles. The summed E-state index contributed by atoms with van der Waals surface area (Å²) in [5.41, 5.74) is -0.398. The zero-order valence-corrected chi connectivity index (χ0v) is 8.51. The van der Waals surface area contributed by atoms with E-state index >= 15 is 0 Å². The van der Waals surface area contributed by atoms with Crippen LogP contribution in [0.15, 0.2) is 0 Å². The molecule has 2 nitrogen and oxygen atoms in total. The number of carbonyl (C=O) groups excluding carboxylic acids is 1. The van der Waals surface area contributed by atoms with Gasteiger partial charge in [-0.05, 0) is 5.92 Å². The van der Waals surface area contributed by atoms with Crippen molar-refractivity contribution in [3.8, 4) is 6.07 Å². The summed E-state index contributed by atoms with van der Waals surface area (Å²) >= 11 is 0. The third kappa shape index (κ3) is 2.65. The average Bonchev–Trinajstić information content (AvgIpc) is 1.86. The Morgan fingerprint density at radius 3 is 1.83 bits per heavy atom. The zero-order valence-electron chi connectivity index (χ0n) is 8.51. The summed E-state index contributed by atoms with van der Waals surface area (Å²) in [6, 6.07) is 2.06. The van der Waals surface area contributed by atoms with Crippen LogP contribution in [-0.2, 0) is 4.79 Å². The van der Waals surface area contributed by atoms with Crippen molar-refractivity contribution in [3.05, 3.63) is 0 Å². The van der Waals surface area contributed by atoms with Crippen molar-refractivity contribution in [3.63, 3.8) is 0 Å². The Bertz CT molecular complexity index is 205. The topological polar surface area (TPSA) is 40.9 Å². The quantitative estimate of drug-likeness (QED) is 0.633. The summed E-state index contributed by atoms with van der Waals surface area (Å²) in [7, 11) is 0. The lowest BCUT2D eigenvalue weighted by Gasteiger charge is -2.22. The van der Waals surface area contributed by atoms with Gasteiger partial charge in [0.15, 0.2) is 5.78 Å². The first-order chi connectivity index (χ1) is 5.30. The third-order valence-corrected chi connectivity index (χ3v) is 1.83. The molecule has 0 fully saturated rings. The molecular weight excluding hydrogens is 150 g/mol. The van der Waals surface area contributed by atoms with Crippen molar-refractivity contribution < 1.29 is 4.79 Å². The molecule has 0 aromatic carbocycles. The van der Waals surface area contributed by atoms with E-state index in [2.05, 4.69) is 6.07 Å². The first-order valence-electron chi connectivity index (χ1n) is 4.24. The van der Waals surface area contributed by atoms with E-state index in [0.29, 0.717) is 0 Å². The van der Waals surface area contributed by atoms with Crippen LogP contribution in [-0.4, -0.2) is 5.78 Å². The van der Waals surface area contributed by atoms with E-state index in [0.717, 1.165) is 0 Å². The van der Waals surface area contributed by atoms with Crippen LogP contribution in [0.2, 0.25) is 0 Å². The van der Waals surface area contributed by atoms with Gasteiger partial charge in [0, 0.05) is 5.41 Å². The van der Waals surface area contributed by atoms with Crippen molar-refractivity contribution in [1.29, 1.82) is 5.26 Å². The van der Waals surface area contributed by atoms with Gasteiger partial charge in [-0.3, -0.25) is 4.79 Å². The van der Waals surface area contributed by atoms with Gasteiger partial charge in [0.2, 0.25) is 0 Å². The van der Waals surface area contributed by atoms with Gasteiger partial charge in [-0.1, -0.05) is 34.6 Å². The molecule has 2 heteroatoms. The molecule has 68 valence electrons. The summed E-state index contributed by atoms with van der Waals surface area (Å²) in [6.45, 7) is 9.35. The smallest absolute Gasteiger partial charge is 0.155 e. The minimum absolute atomic E-state index is 0.0417. The van der Waals surface area contributed by atoms with Crippen molar-refractivity contribution in [1.82, 2.24) is 0 Å². The monoisotopic (exact) mass is 167 g/mol. The number of hydrogen-bond acceptors (Lipinski definition) is 2. The molecule has 0 rings (SSSR count). The van der Waals surface area contributed by atoms with Gasteiger partial charge in [0.1, 0.15) is 5.92 Å². The molecule has 0 bridgehead atoms. The van der Waals surface area contributed by atoms with E-state index < -0.39 is 11.3 Å². The van der Waals surface area contributed by atoms with Crippen LogP contribution in [0.25, 0.3) is 0 Å². The van der Waals surface area contributed by atoms with E-state index in [4.69, 9.17) is 5.26 Å². The minimum Gasteiger partial charge on any atom is -0.298 e. The highest BCUT2D eigenvalue weighted by molar-refractivity contribution is 5.88. The lowest BCUT2D eigenvalue weighted by Crippen LogP contribution is -2.30. The number of nitriles is 1. The van der Waals surface area contributed by atoms with E-state index in [1.807, 2.05) is 34.6 Å². The molecule has 0 saturated heterocycles. The van der Waals surface area contributed by atoms with Crippen LogP contribution in [0.4, 0.5) is 0 Å². The maximum Gasteiger partial charge on any atom is 0.155 e. The van der Waals surface area contributed by atoms with E-state index in [9.17, 15) is 4.79 Å². The summed E-state index contributed by atoms with van der Waals surface area (Å²) in [6.07, 6.45) is 0. The Labute approximate surface area is 74.6 Å². The normalized spacial score (nSPS) is 14.1. The summed E-state index contributed by atoms with van der Waals surface area (Å²) in [4.78, 5) is 11.6. The molecule has 1 atom stereocenters. The molecule has 0 spiro atoms. The number of ketones is 1. The van der Waals surface area contributed by atoms with Crippen LogP contribution in [0.5, 0.6) is 0 Å². The molecule has 0 amide bonds. The second-order valence-electron chi connectivity index (χ2n) is 4.47. The Morgan fingerprint density at radius 1 is 1.33 bits per heavy atom. The summed E-state index contributed by atoms with van der Waals surface area (Å²) < 4.78 is 0. The summed E-state index contributed by atoms with van der Waals surface area (Å²) in [5.74, 6) is -0.299. The lowest BCUT2D eigenvalue weighted by molar-refractivity contribution is -0.129. The summed E-state index contributed by atoms with van der Waals surface area (Å²) in [5, 5.41) is 8.76. The Morgan fingerprint density at radius 2 is 1.75 bits per heavy atom. The fourth-order valence-electron chi connectivity index (χ4n) is 0.977. The Hall–Kier alpha value is -0.840. The number of Topliss-reactive ketones (excluding diaryl/α,β-unsaturated/α-hetero) is 1. The largest absolute Gasteiger partial charge is 0.298 e. The molecule has 0 aliphatic rings. The Kier molecular flexibility index (Phi) is 3.45. The number of hydrogen-bond donors (Lipinski definition) is 0. The molecule has 12 heavy (non-hydrogen) atoms. The highest BCUT2D eigenvalue weighted by Crippen LogP contribution is 2.24. The van der Waals surface area contributed by atoms with Crippen LogP contribution in [0, 0.1) is 28.6 Å². The lowest BCUT2D eigenvalue weighted by atomic mass is 9.79. The molecule has 0 aliphatic carbocycles. The van der Waals surface area contributed by atoms with Gasteiger partial charge < -0.3 is 0 Å². The van der Waals surface area contributed by atoms with Crippen LogP contribution in [0.1, 0.15) is 34.6 Å². The fraction of sp³-hybridized carbons (Fsp3) is 0.800. The molecule has 1 unspecified atom stereocenters. The second-order valence-corrected chi connectivity index (χ2v) is 4.47. The van der Waals surface area contributed by atoms with Gasteiger partial charge in [-0.2, -0.15) is 5.26 Å². The first-order valence-corrected chi connectivity index (χ1v) is 4.24. The van der Waals surface area contributed by atoms with E-state index in [1.54, 1.807) is 0 Å². The standard InChI is InChI=1S/C10H17NO/c1-7(2)8(6-11)9(12)10(3,4)5/h7-8H,1-5H3. The van der Waals surface area contributed by atoms with E-state index in [1.165, 1.54) is 0 Å².